The molecule has 1 rings (SSSR count). The zero-order valence-electron chi connectivity index (χ0n) is 11.5. The lowest BCUT2D eigenvalue weighted by molar-refractivity contribution is -0.137. The molecule has 0 unspecified atom stereocenters. The molecular weight excluding hydrogens is 377 g/mol. The van der Waals surface area contributed by atoms with Gasteiger partial charge >= 0.3 is 5.97 Å². The highest BCUT2D eigenvalue weighted by molar-refractivity contribution is 14.1. The number of methoxy groups -OCH3 is 2. The summed E-state index contributed by atoms with van der Waals surface area (Å²) in [6.07, 6.45) is 0. The molecule has 0 atom stereocenters. The van der Waals surface area contributed by atoms with Crippen LogP contribution in [-0.4, -0.2) is 49.2 Å². The molecule has 0 fully saturated rings. The number of nitrogens with zero attached hydrogens (tertiary/aromatic N) is 1. The summed E-state index contributed by atoms with van der Waals surface area (Å²) in [6, 6.07) is 3.24. The van der Waals surface area contributed by atoms with E-state index >= 15 is 0 Å². The summed E-state index contributed by atoms with van der Waals surface area (Å²) < 4.78 is 11.0. The molecule has 0 radical (unpaired) electrons. The first-order valence-corrected chi connectivity index (χ1v) is 6.95. The lowest BCUT2D eigenvalue weighted by Gasteiger charge is -2.20. The number of aliphatic carboxylic acids is 1. The predicted octanol–water partition coefficient (Wildman–Crippen LogP) is 1.86. The van der Waals surface area contributed by atoms with Crippen molar-refractivity contribution in [3.8, 4) is 11.5 Å². The Morgan fingerprint density at radius 2 is 1.80 bits per heavy atom. The molecule has 0 heterocycles. The fraction of sp³-hybridized carbons (Fsp3) is 0.385. The van der Waals surface area contributed by atoms with Crippen LogP contribution >= 0.6 is 22.6 Å². The zero-order chi connectivity index (χ0) is 15.3. The molecule has 1 aromatic carbocycles. The summed E-state index contributed by atoms with van der Waals surface area (Å²) >= 11 is 2.01. The van der Waals surface area contributed by atoms with Crippen molar-refractivity contribution in [1.29, 1.82) is 0 Å². The van der Waals surface area contributed by atoms with Gasteiger partial charge in [0.2, 0.25) is 0 Å². The van der Waals surface area contributed by atoms with E-state index in [2.05, 4.69) is 0 Å². The third-order valence-corrected chi connectivity index (χ3v) is 3.59. The third kappa shape index (κ3) is 3.75. The first kappa shape index (κ1) is 16.5. The zero-order valence-corrected chi connectivity index (χ0v) is 13.6. The van der Waals surface area contributed by atoms with Crippen LogP contribution in [0.2, 0.25) is 0 Å². The highest BCUT2D eigenvalue weighted by Gasteiger charge is 2.21. The number of carboxylic acid groups (broad SMARTS) is 1. The van der Waals surface area contributed by atoms with Crippen molar-refractivity contribution in [3.63, 3.8) is 0 Å². The standard InChI is InChI=1S/C13H16INO5/c1-4-15(7-12(16)17)13(18)8-5-10(19-2)11(20-3)6-9(8)14/h5-6H,4,7H2,1-3H3,(H,16,17). The first-order chi connectivity index (χ1) is 9.44. The number of rotatable bonds is 6. The number of amides is 1. The van der Waals surface area contributed by atoms with Gasteiger partial charge in [0.1, 0.15) is 6.54 Å². The van der Waals surface area contributed by atoms with Crippen molar-refractivity contribution in [2.45, 2.75) is 6.92 Å². The molecular formula is C13H16INO5. The number of carboxylic acids is 1. The third-order valence-electron chi connectivity index (χ3n) is 2.70. The molecule has 20 heavy (non-hydrogen) atoms. The molecule has 1 aromatic rings. The quantitative estimate of drug-likeness (QED) is 0.747. The van der Waals surface area contributed by atoms with Crippen LogP contribution < -0.4 is 9.47 Å². The molecule has 0 bridgehead atoms. The summed E-state index contributed by atoms with van der Waals surface area (Å²) in [6.45, 7) is 1.71. The Morgan fingerprint density at radius 1 is 1.25 bits per heavy atom. The van der Waals surface area contributed by atoms with Gasteiger partial charge in [0.05, 0.1) is 19.8 Å². The van der Waals surface area contributed by atoms with Crippen LogP contribution in [-0.2, 0) is 4.79 Å². The average Bonchev–Trinajstić information content (AvgIpc) is 2.43. The SMILES string of the molecule is CCN(CC(=O)O)C(=O)c1cc(OC)c(OC)cc1I. The molecule has 7 heteroatoms. The van der Waals surface area contributed by atoms with Gasteiger partial charge < -0.3 is 19.5 Å². The van der Waals surface area contributed by atoms with Crippen LogP contribution in [0.3, 0.4) is 0 Å². The molecule has 0 saturated carbocycles. The second-order valence-electron chi connectivity index (χ2n) is 3.90. The van der Waals surface area contributed by atoms with Crippen LogP contribution in [0.25, 0.3) is 0 Å². The number of likely N-dealkylation sites (N-methyl/N-ethyl adjacent to an activating group) is 1. The molecule has 0 aliphatic heterocycles. The number of benzene rings is 1. The minimum absolute atomic E-state index is 0.315. The van der Waals surface area contributed by atoms with Gasteiger partial charge in [-0.2, -0.15) is 0 Å². The second-order valence-corrected chi connectivity index (χ2v) is 5.06. The Hall–Kier alpha value is -1.51. The van der Waals surface area contributed by atoms with Crippen molar-refractivity contribution in [1.82, 2.24) is 4.90 Å². The van der Waals surface area contributed by atoms with Gasteiger partial charge in [-0.15, -0.1) is 0 Å². The fourth-order valence-electron chi connectivity index (χ4n) is 1.68. The molecule has 0 aromatic heterocycles. The number of carbonyl (C=O) groups is 2. The summed E-state index contributed by atoms with van der Waals surface area (Å²) in [5.41, 5.74) is 0.395. The van der Waals surface area contributed by atoms with Gasteiger partial charge in [0.15, 0.2) is 11.5 Å². The highest BCUT2D eigenvalue weighted by atomic mass is 127. The summed E-state index contributed by atoms with van der Waals surface area (Å²) in [4.78, 5) is 24.4. The van der Waals surface area contributed by atoms with Crippen molar-refractivity contribution in [2.75, 3.05) is 27.3 Å². The van der Waals surface area contributed by atoms with Crippen LogP contribution in [0.5, 0.6) is 11.5 Å². The van der Waals surface area contributed by atoms with Gasteiger partial charge in [-0.3, -0.25) is 9.59 Å². The van der Waals surface area contributed by atoms with E-state index in [1.807, 2.05) is 22.6 Å². The topological polar surface area (TPSA) is 76.1 Å². The minimum Gasteiger partial charge on any atom is -0.493 e. The van der Waals surface area contributed by atoms with Gasteiger partial charge in [-0.1, -0.05) is 0 Å². The number of ether oxygens (including phenoxy) is 2. The maximum absolute atomic E-state index is 12.4. The number of hydrogen-bond donors (Lipinski definition) is 1. The Morgan fingerprint density at radius 3 is 2.25 bits per heavy atom. The van der Waals surface area contributed by atoms with E-state index < -0.39 is 5.97 Å². The van der Waals surface area contributed by atoms with Gasteiger partial charge in [0.25, 0.3) is 5.91 Å². The largest absolute Gasteiger partial charge is 0.493 e. The molecule has 0 saturated heterocycles. The summed E-state index contributed by atoms with van der Waals surface area (Å²) in [7, 11) is 2.99. The highest BCUT2D eigenvalue weighted by Crippen LogP contribution is 2.31. The summed E-state index contributed by atoms with van der Waals surface area (Å²) in [5, 5.41) is 8.82. The maximum Gasteiger partial charge on any atom is 0.323 e. The smallest absolute Gasteiger partial charge is 0.323 e. The number of carbonyl (C=O) groups excluding carboxylic acids is 1. The van der Waals surface area contributed by atoms with Crippen molar-refractivity contribution < 1.29 is 24.2 Å². The average molecular weight is 393 g/mol. The second kappa shape index (κ2) is 7.32. The Balaban J connectivity index is 3.17. The lowest BCUT2D eigenvalue weighted by atomic mass is 10.1. The molecule has 1 N–H and O–H groups in total. The van der Waals surface area contributed by atoms with E-state index in [-0.39, 0.29) is 12.5 Å². The van der Waals surface area contributed by atoms with Gasteiger partial charge in [-0.05, 0) is 41.6 Å². The monoisotopic (exact) mass is 393 g/mol. The fourth-order valence-corrected chi connectivity index (χ4v) is 2.35. The molecule has 1 amide bonds. The normalized spacial score (nSPS) is 10.0. The van der Waals surface area contributed by atoms with E-state index in [0.717, 1.165) is 0 Å². The lowest BCUT2D eigenvalue weighted by Crippen LogP contribution is -2.35. The van der Waals surface area contributed by atoms with Crippen LogP contribution in [0, 0.1) is 3.57 Å². The van der Waals surface area contributed by atoms with Crippen LogP contribution in [0.1, 0.15) is 17.3 Å². The van der Waals surface area contributed by atoms with Crippen LogP contribution in [0.15, 0.2) is 12.1 Å². The van der Waals surface area contributed by atoms with E-state index in [0.29, 0.717) is 27.2 Å². The molecule has 0 spiro atoms. The Bertz CT molecular complexity index is 518. The van der Waals surface area contributed by atoms with Gasteiger partial charge in [-0.25, -0.2) is 0 Å². The number of hydrogen-bond acceptors (Lipinski definition) is 4. The molecule has 0 aliphatic rings. The molecule has 6 nitrogen and oxygen atoms in total. The number of halogens is 1. The van der Waals surface area contributed by atoms with Crippen molar-refractivity contribution >= 4 is 34.5 Å². The minimum atomic E-state index is -1.05. The predicted molar refractivity (Wildman–Crippen MR) is 81.5 cm³/mol. The maximum atomic E-state index is 12.4. The van der Waals surface area contributed by atoms with E-state index in [4.69, 9.17) is 14.6 Å². The Labute approximate surface area is 130 Å². The van der Waals surface area contributed by atoms with E-state index in [9.17, 15) is 9.59 Å². The van der Waals surface area contributed by atoms with E-state index in [1.165, 1.54) is 19.1 Å². The first-order valence-electron chi connectivity index (χ1n) is 5.87. The van der Waals surface area contributed by atoms with Crippen molar-refractivity contribution in [2.24, 2.45) is 0 Å². The molecule has 110 valence electrons. The Kier molecular flexibility index (Phi) is 6.05. The van der Waals surface area contributed by atoms with Crippen molar-refractivity contribution in [3.05, 3.63) is 21.3 Å². The van der Waals surface area contributed by atoms with Crippen LogP contribution in [0.4, 0.5) is 0 Å². The van der Waals surface area contributed by atoms with E-state index in [1.54, 1.807) is 19.1 Å². The van der Waals surface area contributed by atoms with Gasteiger partial charge in [0, 0.05) is 10.1 Å². The summed E-state index contributed by atoms with van der Waals surface area (Å²) in [5.74, 6) is -0.437. The molecule has 0 aliphatic carbocycles.